The number of rotatable bonds is 4. The Kier molecular flexibility index (Phi) is 5.68. The predicted molar refractivity (Wildman–Crippen MR) is 115 cm³/mol. The van der Waals surface area contributed by atoms with Crippen LogP contribution in [0.15, 0.2) is 36.5 Å². The summed E-state index contributed by atoms with van der Waals surface area (Å²) < 4.78 is 36.4. The number of hydrogen-bond donors (Lipinski definition) is 0. The largest absolute Gasteiger partial charge is 0.587 e. The van der Waals surface area contributed by atoms with Gasteiger partial charge in [-0.1, -0.05) is 38.1 Å². The van der Waals surface area contributed by atoms with Gasteiger partial charge < -0.3 is 9.47 Å². The van der Waals surface area contributed by atoms with E-state index in [9.17, 15) is 8.78 Å². The molecular weight excluding hydrogens is 400 g/mol. The number of nitrogens with zero attached hydrogens (tertiary/aromatic N) is 3. The van der Waals surface area contributed by atoms with Gasteiger partial charge in [0.2, 0.25) is 0 Å². The van der Waals surface area contributed by atoms with Crippen molar-refractivity contribution in [2.24, 2.45) is 0 Å². The molecule has 3 heterocycles. The highest BCUT2D eigenvalue weighted by Crippen LogP contribution is 2.42. The van der Waals surface area contributed by atoms with Crippen LogP contribution in [-0.4, -0.2) is 46.3 Å². The maximum Gasteiger partial charge on any atom is 0.587 e. The average Bonchev–Trinajstić information content (AvgIpc) is 3.02. The highest BCUT2D eigenvalue weighted by atomic mass is 19.3. The van der Waals surface area contributed by atoms with Gasteiger partial charge in [-0.3, -0.25) is 9.80 Å². The van der Waals surface area contributed by atoms with Crippen LogP contribution in [0.1, 0.15) is 63.3 Å². The van der Waals surface area contributed by atoms with E-state index >= 15 is 0 Å². The van der Waals surface area contributed by atoms with Crippen LogP contribution in [-0.2, 0) is 6.54 Å². The highest BCUT2D eigenvalue weighted by Gasteiger charge is 2.46. The molecule has 31 heavy (non-hydrogen) atoms. The first-order valence-electron chi connectivity index (χ1n) is 10.9. The molecule has 0 aliphatic carbocycles. The first-order valence-corrected chi connectivity index (χ1v) is 10.9. The molecule has 1 fully saturated rings. The van der Waals surface area contributed by atoms with Gasteiger partial charge in [0.25, 0.3) is 5.88 Å². The van der Waals surface area contributed by atoms with Gasteiger partial charge in [0.1, 0.15) is 0 Å². The monoisotopic (exact) mass is 431 g/mol. The molecule has 1 saturated heterocycles. The van der Waals surface area contributed by atoms with Crippen molar-refractivity contribution < 1.29 is 18.3 Å². The van der Waals surface area contributed by atoms with Crippen LogP contribution in [0.3, 0.4) is 0 Å². The normalized spacial score (nSPS) is 21.6. The zero-order valence-corrected chi connectivity index (χ0v) is 18.9. The molecule has 2 aliphatic rings. The summed E-state index contributed by atoms with van der Waals surface area (Å²) in [6.45, 7) is 14.2. The first-order chi connectivity index (χ1) is 14.5. The minimum Gasteiger partial charge on any atom is -0.393 e. The third kappa shape index (κ3) is 4.53. The van der Waals surface area contributed by atoms with Crippen LogP contribution in [0.2, 0.25) is 0 Å². The zero-order chi connectivity index (χ0) is 22.4. The fourth-order valence-corrected chi connectivity index (χ4v) is 4.66. The summed E-state index contributed by atoms with van der Waals surface area (Å²) in [6, 6.07) is 10.6. The minimum atomic E-state index is -3.66. The van der Waals surface area contributed by atoms with Gasteiger partial charge >= 0.3 is 6.29 Å². The van der Waals surface area contributed by atoms with E-state index in [0.29, 0.717) is 18.0 Å². The van der Waals surface area contributed by atoms with Crippen LogP contribution in [0.25, 0.3) is 0 Å². The fourth-order valence-electron chi connectivity index (χ4n) is 4.66. The van der Waals surface area contributed by atoms with E-state index in [1.807, 2.05) is 0 Å². The van der Waals surface area contributed by atoms with Crippen LogP contribution >= 0.6 is 0 Å². The Hall–Kier alpha value is -2.25. The maximum atomic E-state index is 13.6. The molecule has 168 valence electrons. The van der Waals surface area contributed by atoms with Crippen molar-refractivity contribution in [2.45, 2.75) is 65.0 Å². The van der Waals surface area contributed by atoms with E-state index in [1.165, 1.54) is 17.3 Å². The van der Waals surface area contributed by atoms with Crippen molar-refractivity contribution in [3.05, 3.63) is 53.2 Å². The number of aromatic nitrogens is 1. The van der Waals surface area contributed by atoms with Gasteiger partial charge in [0.15, 0.2) is 5.75 Å². The Morgan fingerprint density at radius 3 is 2.58 bits per heavy atom. The summed E-state index contributed by atoms with van der Waals surface area (Å²) >= 11 is 0. The molecule has 1 aromatic carbocycles. The number of benzene rings is 1. The summed E-state index contributed by atoms with van der Waals surface area (Å²) in [4.78, 5) is 8.75. The summed E-state index contributed by atoms with van der Waals surface area (Å²) in [6.07, 6.45) is -2.16. The Labute approximate surface area is 183 Å². The van der Waals surface area contributed by atoms with Crippen molar-refractivity contribution in [3.63, 3.8) is 0 Å². The molecular formula is C24H31F2N3O2. The number of halogens is 2. The molecule has 0 amide bonds. The smallest absolute Gasteiger partial charge is 0.393 e. The van der Waals surface area contributed by atoms with Crippen molar-refractivity contribution in [3.8, 4) is 11.6 Å². The molecule has 7 heteroatoms. The van der Waals surface area contributed by atoms with E-state index in [-0.39, 0.29) is 23.2 Å². The molecule has 2 aliphatic heterocycles. The summed E-state index contributed by atoms with van der Waals surface area (Å²) in [5.74, 6) is 0.326. The van der Waals surface area contributed by atoms with Crippen LogP contribution in [0.5, 0.6) is 11.6 Å². The molecule has 1 atom stereocenters. The second-order valence-corrected chi connectivity index (χ2v) is 9.67. The third-order valence-corrected chi connectivity index (χ3v) is 6.09. The number of pyridine rings is 1. The van der Waals surface area contributed by atoms with Gasteiger partial charge in [-0.2, -0.15) is 0 Å². The number of fused-ring (bicyclic) bond motifs is 1. The molecule has 0 saturated carbocycles. The molecule has 2 aromatic rings. The summed E-state index contributed by atoms with van der Waals surface area (Å²) in [5.41, 5.74) is 3.37. The van der Waals surface area contributed by atoms with E-state index in [2.05, 4.69) is 78.4 Å². The zero-order valence-electron chi connectivity index (χ0n) is 18.9. The van der Waals surface area contributed by atoms with Crippen molar-refractivity contribution in [2.75, 3.05) is 19.6 Å². The van der Waals surface area contributed by atoms with Crippen molar-refractivity contribution in [1.29, 1.82) is 0 Å². The first kappa shape index (κ1) is 22.0. The molecule has 0 spiro atoms. The van der Waals surface area contributed by atoms with Gasteiger partial charge in [-0.15, -0.1) is 8.78 Å². The molecule has 5 nitrogen and oxygen atoms in total. The summed E-state index contributed by atoms with van der Waals surface area (Å²) in [5, 5.41) is 0. The third-order valence-electron chi connectivity index (χ3n) is 6.09. The molecule has 1 aromatic heterocycles. The SMILES string of the molecule is CC(C)c1ccccc1C1CN(Cc2ccnc3c2OC(F)(F)O3)CCN1C(C)(C)C. The minimum absolute atomic E-state index is 0.0117. The lowest BCUT2D eigenvalue weighted by atomic mass is 9.88. The van der Waals surface area contributed by atoms with Crippen molar-refractivity contribution in [1.82, 2.24) is 14.8 Å². The Morgan fingerprint density at radius 2 is 1.87 bits per heavy atom. The highest BCUT2D eigenvalue weighted by molar-refractivity contribution is 5.43. The molecule has 4 rings (SSSR count). The number of piperazine rings is 1. The fraction of sp³-hybridized carbons (Fsp3) is 0.542. The summed E-state index contributed by atoms with van der Waals surface area (Å²) in [7, 11) is 0. The van der Waals surface area contributed by atoms with Gasteiger partial charge in [0, 0.05) is 49.5 Å². The molecule has 1 unspecified atom stereocenters. The quantitative estimate of drug-likeness (QED) is 0.667. The van der Waals surface area contributed by atoms with Gasteiger partial charge in [-0.05, 0) is 43.9 Å². The molecule has 0 radical (unpaired) electrons. The van der Waals surface area contributed by atoms with Gasteiger partial charge in [0.05, 0.1) is 0 Å². The second-order valence-electron chi connectivity index (χ2n) is 9.67. The Bertz CT molecular complexity index is 943. The van der Waals surface area contributed by atoms with E-state index in [0.717, 1.165) is 19.6 Å². The standard InChI is InChI=1S/C24H31F2N3O2/c1-16(2)18-8-6-7-9-19(18)20-15-28(12-13-29(20)23(3,4)5)14-17-10-11-27-22-21(17)30-24(25,26)31-22/h6-11,16,20H,12-15H2,1-5H3. The van der Waals surface area contributed by atoms with E-state index in [1.54, 1.807) is 6.07 Å². The topological polar surface area (TPSA) is 37.8 Å². The Balaban J connectivity index is 1.62. The van der Waals surface area contributed by atoms with Gasteiger partial charge in [-0.25, -0.2) is 4.98 Å². The Morgan fingerprint density at radius 1 is 1.13 bits per heavy atom. The maximum absolute atomic E-state index is 13.6. The molecule has 0 bridgehead atoms. The van der Waals surface area contributed by atoms with Crippen LogP contribution in [0.4, 0.5) is 8.78 Å². The molecule has 0 N–H and O–H groups in total. The lowest BCUT2D eigenvalue weighted by molar-refractivity contribution is -0.287. The average molecular weight is 432 g/mol. The second kappa shape index (κ2) is 8.02. The number of ether oxygens (including phenoxy) is 2. The van der Waals surface area contributed by atoms with E-state index in [4.69, 9.17) is 4.74 Å². The predicted octanol–water partition coefficient (Wildman–Crippen LogP) is 5.18. The lowest BCUT2D eigenvalue weighted by Crippen LogP contribution is -2.55. The number of alkyl halides is 2. The van der Waals surface area contributed by atoms with Crippen LogP contribution < -0.4 is 9.47 Å². The van der Waals surface area contributed by atoms with Crippen molar-refractivity contribution >= 4 is 0 Å². The van der Waals surface area contributed by atoms with E-state index < -0.39 is 6.29 Å². The van der Waals surface area contributed by atoms with Crippen LogP contribution in [0, 0.1) is 0 Å². The lowest BCUT2D eigenvalue weighted by Gasteiger charge is -2.49. The number of hydrogen-bond acceptors (Lipinski definition) is 5.